The molecule has 0 saturated carbocycles. The van der Waals surface area contributed by atoms with Gasteiger partial charge in [0.25, 0.3) is 0 Å². The van der Waals surface area contributed by atoms with E-state index >= 15 is 0 Å². The second-order valence-corrected chi connectivity index (χ2v) is 5.47. The molecule has 2 aliphatic heterocycles. The van der Waals surface area contributed by atoms with Gasteiger partial charge in [0.2, 0.25) is 0 Å². The number of ether oxygens (including phenoxy) is 1. The lowest BCUT2D eigenvalue weighted by molar-refractivity contribution is 0.221. The number of fused-ring (bicyclic) bond motifs is 2. The Balaban J connectivity index is 1.80. The van der Waals surface area contributed by atoms with Gasteiger partial charge in [-0.1, -0.05) is 0 Å². The van der Waals surface area contributed by atoms with E-state index in [9.17, 15) is 5.26 Å². The average Bonchev–Trinajstić information content (AvgIpc) is 2.88. The number of nitrogens with zero attached hydrogens (tertiary/aromatic N) is 2. The second kappa shape index (κ2) is 4.75. The van der Waals surface area contributed by atoms with Crippen molar-refractivity contribution >= 4 is 5.69 Å². The molecule has 1 aromatic rings. The van der Waals surface area contributed by atoms with Crippen molar-refractivity contribution in [2.75, 3.05) is 32.1 Å². The zero-order valence-electron chi connectivity index (χ0n) is 11.2. The summed E-state index contributed by atoms with van der Waals surface area (Å²) in [5.74, 6) is 1.28. The van der Waals surface area contributed by atoms with E-state index in [2.05, 4.69) is 16.3 Å². The summed E-state index contributed by atoms with van der Waals surface area (Å²) >= 11 is 0. The molecule has 2 aliphatic rings. The van der Waals surface area contributed by atoms with Crippen molar-refractivity contribution in [2.24, 2.45) is 5.92 Å². The first-order valence-corrected chi connectivity index (χ1v) is 6.81. The Morgan fingerprint density at radius 3 is 2.84 bits per heavy atom. The van der Waals surface area contributed by atoms with E-state index in [1.165, 1.54) is 0 Å². The predicted molar refractivity (Wildman–Crippen MR) is 74.1 cm³/mol. The summed E-state index contributed by atoms with van der Waals surface area (Å²) in [6.07, 6.45) is 2.02. The van der Waals surface area contributed by atoms with Gasteiger partial charge in [-0.15, -0.1) is 0 Å². The van der Waals surface area contributed by atoms with Crippen LogP contribution in [-0.2, 0) is 0 Å². The van der Waals surface area contributed by atoms with Gasteiger partial charge in [-0.3, -0.25) is 0 Å². The van der Waals surface area contributed by atoms with E-state index in [4.69, 9.17) is 4.74 Å². The molecule has 3 rings (SSSR count). The molecular formula is C15H19N3O. The van der Waals surface area contributed by atoms with Crippen molar-refractivity contribution in [2.45, 2.75) is 18.4 Å². The molecule has 0 spiro atoms. The maximum atomic E-state index is 9.67. The first kappa shape index (κ1) is 12.3. The molecular weight excluding hydrogens is 238 g/mol. The molecule has 19 heavy (non-hydrogen) atoms. The van der Waals surface area contributed by atoms with Crippen LogP contribution in [-0.4, -0.2) is 37.2 Å². The van der Waals surface area contributed by atoms with Crippen molar-refractivity contribution in [3.05, 3.63) is 24.3 Å². The minimum Gasteiger partial charge on any atom is -0.497 e. The van der Waals surface area contributed by atoms with Gasteiger partial charge in [0.15, 0.2) is 0 Å². The number of hydrogen-bond donors (Lipinski definition) is 1. The molecule has 0 aliphatic carbocycles. The van der Waals surface area contributed by atoms with Gasteiger partial charge in [0, 0.05) is 24.7 Å². The highest BCUT2D eigenvalue weighted by molar-refractivity contribution is 5.51. The van der Waals surface area contributed by atoms with Crippen LogP contribution in [0.4, 0.5) is 5.69 Å². The lowest BCUT2D eigenvalue weighted by Gasteiger charge is -2.38. The quantitative estimate of drug-likeness (QED) is 0.901. The topological polar surface area (TPSA) is 48.3 Å². The Morgan fingerprint density at radius 1 is 1.37 bits per heavy atom. The number of hydrogen-bond acceptors (Lipinski definition) is 4. The van der Waals surface area contributed by atoms with Crippen molar-refractivity contribution in [3.8, 4) is 11.8 Å². The molecule has 1 aromatic carbocycles. The number of anilines is 1. The number of methoxy groups -OCH3 is 1. The predicted octanol–water partition coefficient (Wildman–Crippen LogP) is 2.10. The third-order valence-electron chi connectivity index (χ3n) is 4.45. The van der Waals surface area contributed by atoms with E-state index < -0.39 is 5.54 Å². The number of nitriles is 1. The van der Waals surface area contributed by atoms with E-state index in [0.29, 0.717) is 5.92 Å². The highest BCUT2D eigenvalue weighted by atomic mass is 16.5. The Hall–Kier alpha value is -1.73. The van der Waals surface area contributed by atoms with Crippen LogP contribution in [0.1, 0.15) is 12.8 Å². The minimum atomic E-state index is -0.401. The van der Waals surface area contributed by atoms with E-state index in [0.717, 1.165) is 43.9 Å². The van der Waals surface area contributed by atoms with Crippen LogP contribution in [0.2, 0.25) is 0 Å². The third-order valence-corrected chi connectivity index (χ3v) is 4.45. The largest absolute Gasteiger partial charge is 0.497 e. The maximum Gasteiger partial charge on any atom is 0.130 e. The van der Waals surface area contributed by atoms with Crippen LogP contribution in [0.5, 0.6) is 5.75 Å². The highest BCUT2D eigenvalue weighted by Crippen LogP contribution is 2.37. The Kier molecular flexibility index (Phi) is 3.08. The third kappa shape index (κ3) is 2.15. The summed E-state index contributed by atoms with van der Waals surface area (Å²) in [5, 5.41) is 13.1. The highest BCUT2D eigenvalue weighted by Gasteiger charge is 2.46. The summed E-state index contributed by atoms with van der Waals surface area (Å²) in [5.41, 5.74) is 0.601. The van der Waals surface area contributed by atoms with Gasteiger partial charge < -0.3 is 15.0 Å². The monoisotopic (exact) mass is 257 g/mol. The molecule has 4 heteroatoms. The molecule has 0 amide bonds. The Morgan fingerprint density at radius 2 is 2.16 bits per heavy atom. The molecule has 3 unspecified atom stereocenters. The van der Waals surface area contributed by atoms with Crippen molar-refractivity contribution in [3.63, 3.8) is 0 Å². The summed E-state index contributed by atoms with van der Waals surface area (Å²) in [4.78, 5) is 2.45. The zero-order valence-corrected chi connectivity index (χ0v) is 11.2. The van der Waals surface area contributed by atoms with Crippen LogP contribution in [0, 0.1) is 17.2 Å². The number of nitrogens with one attached hydrogen (secondary N) is 1. The standard InChI is InChI=1S/C15H19N3O/c1-19-14-4-2-13(3-5-14)17-15(11-16)7-9-18-8-6-12(15)10-18/h2-5,12,17H,6-10H2,1H3. The number of piperidine rings is 1. The fourth-order valence-electron chi connectivity index (χ4n) is 3.25. The molecule has 2 saturated heterocycles. The SMILES string of the molecule is COc1ccc(NC2(C#N)CCN3CCC2C3)cc1. The smallest absolute Gasteiger partial charge is 0.130 e. The fourth-order valence-corrected chi connectivity index (χ4v) is 3.25. The number of benzene rings is 1. The second-order valence-electron chi connectivity index (χ2n) is 5.47. The molecule has 0 aromatic heterocycles. The molecule has 100 valence electrons. The van der Waals surface area contributed by atoms with Gasteiger partial charge in [-0.25, -0.2) is 0 Å². The van der Waals surface area contributed by atoms with Gasteiger partial charge in [-0.05, 0) is 43.7 Å². The van der Waals surface area contributed by atoms with Gasteiger partial charge >= 0.3 is 0 Å². The van der Waals surface area contributed by atoms with Crippen molar-refractivity contribution in [1.29, 1.82) is 5.26 Å². The molecule has 4 nitrogen and oxygen atoms in total. The number of rotatable bonds is 3. The molecule has 1 N–H and O–H groups in total. The normalized spacial score (nSPS) is 32.6. The fraction of sp³-hybridized carbons (Fsp3) is 0.533. The van der Waals surface area contributed by atoms with E-state index in [1.807, 2.05) is 24.3 Å². The lowest BCUT2D eigenvalue weighted by atomic mass is 9.79. The van der Waals surface area contributed by atoms with Crippen LogP contribution in [0.15, 0.2) is 24.3 Å². The Labute approximate surface area is 114 Å². The first-order valence-electron chi connectivity index (χ1n) is 6.81. The van der Waals surface area contributed by atoms with Crippen LogP contribution in [0.3, 0.4) is 0 Å². The van der Waals surface area contributed by atoms with Crippen LogP contribution in [0.25, 0.3) is 0 Å². The molecule has 3 atom stereocenters. The van der Waals surface area contributed by atoms with Gasteiger partial charge in [0.05, 0.1) is 13.2 Å². The van der Waals surface area contributed by atoms with Gasteiger partial charge in [0.1, 0.15) is 11.3 Å². The van der Waals surface area contributed by atoms with Crippen LogP contribution < -0.4 is 10.1 Å². The summed E-state index contributed by atoms with van der Waals surface area (Å²) in [7, 11) is 1.66. The summed E-state index contributed by atoms with van der Waals surface area (Å²) < 4.78 is 5.16. The van der Waals surface area contributed by atoms with E-state index in [1.54, 1.807) is 7.11 Å². The van der Waals surface area contributed by atoms with Crippen LogP contribution >= 0.6 is 0 Å². The molecule has 0 radical (unpaired) electrons. The molecule has 2 fully saturated rings. The molecule has 2 heterocycles. The summed E-state index contributed by atoms with van der Waals surface area (Å²) in [6, 6.07) is 10.4. The zero-order chi connectivity index (χ0) is 13.3. The lowest BCUT2D eigenvalue weighted by Crippen LogP contribution is -2.50. The van der Waals surface area contributed by atoms with Gasteiger partial charge in [-0.2, -0.15) is 5.26 Å². The van der Waals surface area contributed by atoms with Crippen molar-refractivity contribution < 1.29 is 4.74 Å². The minimum absolute atomic E-state index is 0.401. The van der Waals surface area contributed by atoms with Crippen molar-refractivity contribution in [1.82, 2.24) is 4.90 Å². The summed E-state index contributed by atoms with van der Waals surface area (Å²) in [6.45, 7) is 3.21. The average molecular weight is 257 g/mol. The Bertz CT molecular complexity index is 493. The molecule has 2 bridgehead atoms. The maximum absolute atomic E-state index is 9.67. The van der Waals surface area contributed by atoms with E-state index in [-0.39, 0.29) is 0 Å². The first-order chi connectivity index (χ1) is 9.25.